The Hall–Kier alpha value is -0.550. The number of ether oxygens (including phenoxy) is 1. The molecule has 2 unspecified atom stereocenters. The number of thioether (sulfide) groups is 1. The van der Waals surface area contributed by atoms with Crippen LogP contribution in [-0.4, -0.2) is 50.5 Å². The van der Waals surface area contributed by atoms with Crippen LogP contribution in [0.15, 0.2) is 29.2 Å². The molecule has 4 heteroatoms. The Kier molecular flexibility index (Phi) is 5.70. The first-order valence-electron chi connectivity index (χ1n) is 6.87. The number of nitrogens with one attached hydrogen (secondary N) is 1. The lowest BCUT2D eigenvalue weighted by Crippen LogP contribution is -2.44. The number of hydrogen-bond acceptors (Lipinski definition) is 4. The molecule has 1 fully saturated rings. The second-order valence-corrected chi connectivity index (χ2v) is 5.97. The highest BCUT2D eigenvalue weighted by atomic mass is 32.2. The van der Waals surface area contributed by atoms with Gasteiger partial charge in [0.15, 0.2) is 0 Å². The minimum Gasteiger partial charge on any atom is -0.374 e. The quantitative estimate of drug-likeness (QED) is 0.837. The second-order valence-electron chi connectivity index (χ2n) is 5.09. The van der Waals surface area contributed by atoms with Crippen molar-refractivity contribution >= 4 is 11.8 Å². The Labute approximate surface area is 120 Å². The van der Waals surface area contributed by atoms with Gasteiger partial charge in [-0.3, -0.25) is 4.90 Å². The van der Waals surface area contributed by atoms with Crippen molar-refractivity contribution in [1.29, 1.82) is 0 Å². The molecule has 1 N–H and O–H groups in total. The first kappa shape index (κ1) is 14.9. The van der Waals surface area contributed by atoms with Crippen LogP contribution >= 0.6 is 11.8 Å². The van der Waals surface area contributed by atoms with E-state index in [4.69, 9.17) is 4.74 Å². The smallest absolute Gasteiger partial charge is 0.0826 e. The SMILES string of the molecule is CSc1ccc(C(C)N(C)CC2CNCCO2)cc1. The minimum atomic E-state index is 0.312. The van der Waals surface area contributed by atoms with Gasteiger partial charge >= 0.3 is 0 Å². The van der Waals surface area contributed by atoms with Gasteiger partial charge in [0.1, 0.15) is 0 Å². The van der Waals surface area contributed by atoms with Crippen LogP contribution in [0.5, 0.6) is 0 Å². The van der Waals surface area contributed by atoms with Crippen LogP contribution in [0.25, 0.3) is 0 Å². The first-order chi connectivity index (χ1) is 9.20. The molecular formula is C15H24N2OS. The van der Waals surface area contributed by atoms with Crippen molar-refractivity contribution in [2.24, 2.45) is 0 Å². The predicted octanol–water partition coefficient (Wildman–Crippen LogP) is 2.39. The van der Waals surface area contributed by atoms with E-state index >= 15 is 0 Å². The lowest BCUT2D eigenvalue weighted by Gasteiger charge is -2.31. The van der Waals surface area contributed by atoms with Crippen LogP contribution in [0.1, 0.15) is 18.5 Å². The molecule has 0 spiro atoms. The molecule has 2 atom stereocenters. The Bertz CT molecular complexity index is 376. The molecule has 1 aliphatic heterocycles. The highest BCUT2D eigenvalue weighted by Crippen LogP contribution is 2.22. The maximum Gasteiger partial charge on any atom is 0.0826 e. The summed E-state index contributed by atoms with van der Waals surface area (Å²) in [6.45, 7) is 5.99. The van der Waals surface area contributed by atoms with Crippen molar-refractivity contribution in [3.63, 3.8) is 0 Å². The van der Waals surface area contributed by atoms with Gasteiger partial charge < -0.3 is 10.1 Å². The van der Waals surface area contributed by atoms with E-state index in [9.17, 15) is 0 Å². The van der Waals surface area contributed by atoms with E-state index in [2.05, 4.69) is 54.7 Å². The lowest BCUT2D eigenvalue weighted by molar-refractivity contribution is 0.00393. The van der Waals surface area contributed by atoms with Gasteiger partial charge in [0.25, 0.3) is 0 Å². The monoisotopic (exact) mass is 280 g/mol. The van der Waals surface area contributed by atoms with E-state index in [1.54, 1.807) is 11.8 Å². The van der Waals surface area contributed by atoms with Gasteiger partial charge in [0, 0.05) is 30.6 Å². The van der Waals surface area contributed by atoms with Crippen molar-refractivity contribution in [2.45, 2.75) is 24.0 Å². The zero-order valence-corrected chi connectivity index (χ0v) is 12.9. The largest absolute Gasteiger partial charge is 0.374 e. The summed E-state index contributed by atoms with van der Waals surface area (Å²) in [4.78, 5) is 3.68. The van der Waals surface area contributed by atoms with Gasteiger partial charge in [-0.05, 0) is 37.9 Å². The van der Waals surface area contributed by atoms with Gasteiger partial charge in [-0.25, -0.2) is 0 Å². The highest BCUT2D eigenvalue weighted by molar-refractivity contribution is 7.98. The van der Waals surface area contributed by atoms with E-state index in [0.29, 0.717) is 12.1 Å². The molecule has 0 saturated carbocycles. The number of benzene rings is 1. The summed E-state index contributed by atoms with van der Waals surface area (Å²) < 4.78 is 5.76. The molecule has 2 rings (SSSR count). The molecule has 1 aliphatic rings. The first-order valence-corrected chi connectivity index (χ1v) is 8.09. The van der Waals surface area contributed by atoms with Crippen molar-refractivity contribution in [2.75, 3.05) is 39.5 Å². The van der Waals surface area contributed by atoms with Gasteiger partial charge in [-0.1, -0.05) is 12.1 Å². The summed E-state index contributed by atoms with van der Waals surface area (Å²) in [7, 11) is 2.17. The number of hydrogen-bond donors (Lipinski definition) is 1. The van der Waals surface area contributed by atoms with Crippen LogP contribution < -0.4 is 5.32 Å². The van der Waals surface area contributed by atoms with Gasteiger partial charge in [0.05, 0.1) is 12.7 Å². The number of rotatable bonds is 5. The summed E-state index contributed by atoms with van der Waals surface area (Å²) in [6.07, 6.45) is 2.42. The zero-order chi connectivity index (χ0) is 13.7. The summed E-state index contributed by atoms with van der Waals surface area (Å²) >= 11 is 1.78. The van der Waals surface area contributed by atoms with Crippen molar-refractivity contribution in [3.05, 3.63) is 29.8 Å². The fourth-order valence-corrected chi connectivity index (χ4v) is 2.76. The average Bonchev–Trinajstić information content (AvgIpc) is 2.47. The third-order valence-electron chi connectivity index (χ3n) is 3.76. The molecule has 3 nitrogen and oxygen atoms in total. The molecule has 1 saturated heterocycles. The molecule has 0 amide bonds. The standard InChI is InChI=1S/C15H24N2OS/c1-12(13-4-6-15(19-3)7-5-13)17(2)11-14-10-16-8-9-18-14/h4-7,12,14,16H,8-11H2,1-3H3. The normalized spacial score (nSPS) is 21.6. The van der Waals surface area contributed by atoms with E-state index < -0.39 is 0 Å². The lowest BCUT2D eigenvalue weighted by atomic mass is 10.1. The molecule has 0 aromatic heterocycles. The third-order valence-corrected chi connectivity index (χ3v) is 4.50. The second kappa shape index (κ2) is 7.29. The van der Waals surface area contributed by atoms with E-state index in [1.165, 1.54) is 10.5 Å². The van der Waals surface area contributed by atoms with Gasteiger partial charge in [0.2, 0.25) is 0 Å². The van der Waals surface area contributed by atoms with Crippen molar-refractivity contribution < 1.29 is 4.74 Å². The molecule has 19 heavy (non-hydrogen) atoms. The fourth-order valence-electron chi connectivity index (χ4n) is 2.35. The van der Waals surface area contributed by atoms with Crippen LogP contribution in [0, 0.1) is 0 Å². The molecule has 0 bridgehead atoms. The minimum absolute atomic E-state index is 0.312. The maximum atomic E-state index is 5.76. The molecule has 1 aromatic carbocycles. The van der Waals surface area contributed by atoms with Crippen LogP contribution in [0.2, 0.25) is 0 Å². The molecule has 1 aromatic rings. The molecule has 0 aliphatic carbocycles. The maximum absolute atomic E-state index is 5.76. The number of likely N-dealkylation sites (N-methyl/N-ethyl adjacent to an activating group) is 1. The zero-order valence-electron chi connectivity index (χ0n) is 12.1. The van der Waals surface area contributed by atoms with E-state index in [-0.39, 0.29) is 0 Å². The van der Waals surface area contributed by atoms with E-state index in [1.807, 2.05) is 0 Å². The topological polar surface area (TPSA) is 24.5 Å². The Balaban J connectivity index is 1.91. The van der Waals surface area contributed by atoms with Gasteiger partial charge in [-0.2, -0.15) is 0 Å². The Morgan fingerprint density at radius 1 is 1.42 bits per heavy atom. The van der Waals surface area contributed by atoms with Crippen molar-refractivity contribution in [3.8, 4) is 0 Å². The third kappa shape index (κ3) is 4.21. The molecule has 1 heterocycles. The number of nitrogens with zero attached hydrogens (tertiary/aromatic N) is 1. The van der Waals surface area contributed by atoms with Crippen molar-refractivity contribution in [1.82, 2.24) is 10.2 Å². The molecule has 106 valence electrons. The average molecular weight is 280 g/mol. The highest BCUT2D eigenvalue weighted by Gasteiger charge is 2.19. The summed E-state index contributed by atoms with van der Waals surface area (Å²) in [5.41, 5.74) is 1.36. The Morgan fingerprint density at radius 3 is 2.74 bits per heavy atom. The Morgan fingerprint density at radius 2 is 2.16 bits per heavy atom. The number of morpholine rings is 1. The van der Waals surface area contributed by atoms with Gasteiger partial charge in [-0.15, -0.1) is 11.8 Å². The van der Waals surface area contributed by atoms with E-state index in [0.717, 1.165) is 26.2 Å². The summed E-state index contributed by atoms with van der Waals surface area (Å²) in [6, 6.07) is 9.27. The molecule has 0 radical (unpaired) electrons. The fraction of sp³-hybridized carbons (Fsp3) is 0.600. The van der Waals surface area contributed by atoms with Crippen LogP contribution in [0.4, 0.5) is 0 Å². The predicted molar refractivity (Wildman–Crippen MR) is 81.9 cm³/mol. The van der Waals surface area contributed by atoms with Crippen LogP contribution in [0.3, 0.4) is 0 Å². The summed E-state index contributed by atoms with van der Waals surface area (Å²) in [5.74, 6) is 0. The summed E-state index contributed by atoms with van der Waals surface area (Å²) in [5, 5.41) is 3.38. The molecular weight excluding hydrogens is 256 g/mol. The van der Waals surface area contributed by atoms with Crippen LogP contribution in [-0.2, 0) is 4.74 Å².